The van der Waals surface area contributed by atoms with Gasteiger partial charge in [-0.05, 0) is 50.1 Å². The molecule has 8 nitrogen and oxygen atoms in total. The molecule has 0 radical (unpaired) electrons. The highest BCUT2D eigenvalue weighted by atomic mass is 16.5. The minimum absolute atomic E-state index is 0.123. The molecule has 0 bridgehead atoms. The summed E-state index contributed by atoms with van der Waals surface area (Å²) in [6.45, 7) is 11.1. The highest BCUT2D eigenvalue weighted by Crippen LogP contribution is 2.41. The van der Waals surface area contributed by atoms with Crippen LogP contribution in [0.2, 0.25) is 0 Å². The maximum atomic E-state index is 13.9. The zero-order chi connectivity index (χ0) is 25.9. The fourth-order valence-electron chi connectivity index (χ4n) is 5.08. The molecule has 2 aromatic carbocycles. The highest BCUT2D eigenvalue weighted by molar-refractivity contribution is 5.99. The van der Waals surface area contributed by atoms with E-state index in [1.165, 1.54) is 0 Å². The van der Waals surface area contributed by atoms with Gasteiger partial charge in [-0.3, -0.25) is 14.5 Å². The van der Waals surface area contributed by atoms with Crippen LogP contribution in [0.5, 0.6) is 11.5 Å². The van der Waals surface area contributed by atoms with Crippen LogP contribution < -0.4 is 14.9 Å². The van der Waals surface area contributed by atoms with Crippen LogP contribution >= 0.6 is 0 Å². The number of rotatable bonds is 9. The molecule has 2 aliphatic heterocycles. The lowest BCUT2D eigenvalue weighted by atomic mass is 9.97. The third-order valence-electron chi connectivity index (χ3n) is 6.93. The predicted molar refractivity (Wildman–Crippen MR) is 141 cm³/mol. The fraction of sp³-hybridized carbons (Fsp3) is 0.448. The van der Waals surface area contributed by atoms with Crippen molar-refractivity contribution >= 4 is 16.9 Å². The lowest BCUT2D eigenvalue weighted by Gasteiger charge is -2.31. The molecule has 5 rings (SSSR count). The van der Waals surface area contributed by atoms with Crippen LogP contribution in [0.4, 0.5) is 0 Å². The van der Waals surface area contributed by atoms with Crippen molar-refractivity contribution in [3.05, 3.63) is 69.1 Å². The molecule has 0 saturated carbocycles. The second-order valence-corrected chi connectivity index (χ2v) is 9.52. The maximum absolute atomic E-state index is 13.9. The van der Waals surface area contributed by atoms with E-state index in [-0.39, 0.29) is 17.1 Å². The smallest absolute Gasteiger partial charge is 0.290 e. The molecule has 1 saturated heterocycles. The summed E-state index contributed by atoms with van der Waals surface area (Å²) in [4.78, 5) is 31.6. The van der Waals surface area contributed by atoms with E-state index in [9.17, 15) is 9.59 Å². The van der Waals surface area contributed by atoms with Crippen LogP contribution in [0.15, 0.2) is 45.6 Å². The van der Waals surface area contributed by atoms with Gasteiger partial charge in [0.25, 0.3) is 5.91 Å². The second kappa shape index (κ2) is 10.9. The standard InChI is InChI=1S/C29H34N2O6/c1-4-14-36-23-9-7-20(18-24(23)35-5-2)26-25-27(32)21-17-19(3)6-8-22(21)37-28(25)29(33)31(26)11-10-30-12-15-34-16-13-30/h6-9,17-18,26H,4-5,10-16H2,1-3H3. The Morgan fingerprint density at radius 3 is 2.54 bits per heavy atom. The first-order chi connectivity index (χ1) is 18.0. The molecule has 0 N–H and O–H groups in total. The average molecular weight is 507 g/mol. The second-order valence-electron chi connectivity index (χ2n) is 9.52. The molecule has 8 heteroatoms. The monoisotopic (exact) mass is 506 g/mol. The van der Waals surface area contributed by atoms with Crippen molar-refractivity contribution in [2.75, 3.05) is 52.6 Å². The molecule has 1 aromatic heterocycles. The van der Waals surface area contributed by atoms with Gasteiger partial charge in [0.2, 0.25) is 5.76 Å². The number of benzene rings is 2. The summed E-state index contributed by atoms with van der Waals surface area (Å²) in [5, 5.41) is 0.486. The Balaban J connectivity index is 1.60. The van der Waals surface area contributed by atoms with E-state index in [4.69, 9.17) is 18.6 Å². The van der Waals surface area contributed by atoms with Gasteiger partial charge in [0, 0.05) is 26.2 Å². The molecule has 1 unspecified atom stereocenters. The van der Waals surface area contributed by atoms with Gasteiger partial charge in [0.05, 0.1) is 43.4 Å². The Labute approximate surface area is 216 Å². The molecule has 196 valence electrons. The van der Waals surface area contributed by atoms with Crippen molar-refractivity contribution in [1.29, 1.82) is 0 Å². The zero-order valence-corrected chi connectivity index (χ0v) is 21.7. The number of fused-ring (bicyclic) bond motifs is 2. The highest BCUT2D eigenvalue weighted by Gasteiger charge is 2.43. The number of aryl methyl sites for hydroxylation is 1. The molecular formula is C29H34N2O6. The molecule has 1 amide bonds. The van der Waals surface area contributed by atoms with Crippen LogP contribution in [0, 0.1) is 6.92 Å². The molecule has 0 aliphatic carbocycles. The molecule has 3 heterocycles. The number of ether oxygens (including phenoxy) is 3. The molecule has 1 atom stereocenters. The minimum Gasteiger partial charge on any atom is -0.490 e. The summed E-state index contributed by atoms with van der Waals surface area (Å²) in [7, 11) is 0. The van der Waals surface area contributed by atoms with Gasteiger partial charge in [-0.25, -0.2) is 0 Å². The molecular weight excluding hydrogens is 472 g/mol. The van der Waals surface area contributed by atoms with E-state index in [0.29, 0.717) is 67.5 Å². The van der Waals surface area contributed by atoms with E-state index >= 15 is 0 Å². The van der Waals surface area contributed by atoms with Gasteiger partial charge < -0.3 is 23.5 Å². The maximum Gasteiger partial charge on any atom is 0.290 e. The third-order valence-corrected chi connectivity index (χ3v) is 6.93. The summed E-state index contributed by atoms with van der Waals surface area (Å²) in [6, 6.07) is 10.6. The third kappa shape index (κ3) is 4.95. The van der Waals surface area contributed by atoms with Crippen molar-refractivity contribution in [3.63, 3.8) is 0 Å². The Bertz CT molecular complexity index is 1340. The van der Waals surface area contributed by atoms with Gasteiger partial charge in [-0.1, -0.05) is 24.6 Å². The summed E-state index contributed by atoms with van der Waals surface area (Å²) < 4.78 is 23.4. The summed E-state index contributed by atoms with van der Waals surface area (Å²) in [5.74, 6) is 1.11. The fourth-order valence-corrected chi connectivity index (χ4v) is 5.08. The number of nitrogens with zero attached hydrogens (tertiary/aromatic N) is 2. The van der Waals surface area contributed by atoms with Crippen LogP contribution in [-0.4, -0.2) is 68.3 Å². The lowest BCUT2D eigenvalue weighted by molar-refractivity contribution is 0.0314. The van der Waals surface area contributed by atoms with E-state index < -0.39 is 6.04 Å². The van der Waals surface area contributed by atoms with E-state index in [1.54, 1.807) is 11.0 Å². The Morgan fingerprint density at radius 2 is 1.78 bits per heavy atom. The van der Waals surface area contributed by atoms with Gasteiger partial charge in [0.1, 0.15) is 5.58 Å². The van der Waals surface area contributed by atoms with Gasteiger partial charge in [-0.15, -0.1) is 0 Å². The number of carbonyl (C=O) groups is 1. The molecule has 2 aliphatic rings. The van der Waals surface area contributed by atoms with Gasteiger partial charge in [-0.2, -0.15) is 0 Å². The number of amides is 1. The lowest BCUT2D eigenvalue weighted by Crippen LogP contribution is -2.42. The largest absolute Gasteiger partial charge is 0.490 e. The van der Waals surface area contributed by atoms with E-state index in [2.05, 4.69) is 4.90 Å². The van der Waals surface area contributed by atoms with Crippen LogP contribution in [-0.2, 0) is 4.74 Å². The Morgan fingerprint density at radius 1 is 0.973 bits per heavy atom. The minimum atomic E-state index is -0.580. The summed E-state index contributed by atoms with van der Waals surface area (Å²) >= 11 is 0. The number of morpholine rings is 1. The van der Waals surface area contributed by atoms with Crippen LogP contribution in [0.3, 0.4) is 0 Å². The molecule has 0 spiro atoms. The quantitative estimate of drug-likeness (QED) is 0.431. The summed E-state index contributed by atoms with van der Waals surface area (Å²) in [6.07, 6.45) is 0.876. The van der Waals surface area contributed by atoms with Crippen molar-refractivity contribution in [2.24, 2.45) is 0 Å². The van der Waals surface area contributed by atoms with Gasteiger partial charge >= 0.3 is 0 Å². The topological polar surface area (TPSA) is 81.5 Å². The molecule has 1 fully saturated rings. The van der Waals surface area contributed by atoms with E-state index in [1.807, 2.05) is 51.1 Å². The van der Waals surface area contributed by atoms with Crippen molar-refractivity contribution in [3.8, 4) is 11.5 Å². The Kier molecular flexibility index (Phi) is 7.48. The first-order valence-corrected chi connectivity index (χ1v) is 13.1. The predicted octanol–water partition coefficient (Wildman–Crippen LogP) is 4.17. The Hall–Kier alpha value is -3.36. The first kappa shape index (κ1) is 25.3. The number of hydrogen-bond donors (Lipinski definition) is 0. The average Bonchev–Trinajstić information content (AvgIpc) is 3.19. The van der Waals surface area contributed by atoms with E-state index in [0.717, 1.165) is 30.6 Å². The van der Waals surface area contributed by atoms with Crippen molar-refractivity contribution < 1.29 is 23.4 Å². The van der Waals surface area contributed by atoms with Crippen molar-refractivity contribution in [2.45, 2.75) is 33.2 Å². The number of carbonyl (C=O) groups excluding carboxylic acids is 1. The SMILES string of the molecule is CCCOc1ccc(C2c3c(oc4ccc(C)cc4c3=O)C(=O)N2CCN2CCOCC2)cc1OCC. The van der Waals surface area contributed by atoms with Crippen LogP contribution in [0.1, 0.15) is 53.6 Å². The van der Waals surface area contributed by atoms with Gasteiger partial charge in [0.15, 0.2) is 16.9 Å². The molecule has 3 aromatic rings. The first-order valence-electron chi connectivity index (χ1n) is 13.1. The zero-order valence-electron chi connectivity index (χ0n) is 21.7. The van der Waals surface area contributed by atoms with Crippen molar-refractivity contribution in [1.82, 2.24) is 9.80 Å². The summed E-state index contributed by atoms with van der Waals surface area (Å²) in [5.41, 5.74) is 2.39. The van der Waals surface area contributed by atoms with Crippen LogP contribution in [0.25, 0.3) is 11.0 Å². The normalized spacial score (nSPS) is 17.9. The number of hydrogen-bond acceptors (Lipinski definition) is 7. The molecule has 37 heavy (non-hydrogen) atoms.